The van der Waals surface area contributed by atoms with Crippen LogP contribution in [0.5, 0.6) is 0 Å². The number of hydrogen-bond acceptors (Lipinski definition) is 4. The highest BCUT2D eigenvalue weighted by Gasteiger charge is 2.11. The Bertz CT molecular complexity index is 913. The molecule has 0 fully saturated rings. The fourth-order valence-electron chi connectivity index (χ4n) is 2.02. The number of aromatic nitrogens is 2. The van der Waals surface area contributed by atoms with Gasteiger partial charge in [-0.05, 0) is 35.9 Å². The van der Waals surface area contributed by atoms with Crippen molar-refractivity contribution in [2.45, 2.75) is 0 Å². The van der Waals surface area contributed by atoms with Crippen LogP contribution in [-0.2, 0) is 0 Å². The summed E-state index contributed by atoms with van der Waals surface area (Å²) in [5.74, 6) is 0. The zero-order valence-corrected chi connectivity index (χ0v) is 14.5. The van der Waals surface area contributed by atoms with Gasteiger partial charge in [0, 0.05) is 35.4 Å². The van der Waals surface area contributed by atoms with Crippen molar-refractivity contribution in [2.75, 3.05) is 7.05 Å². The second-order valence-electron chi connectivity index (χ2n) is 4.59. The molecule has 3 aromatic rings. The zero-order chi connectivity index (χ0) is 16.2. The molecule has 3 rings (SSSR count). The lowest BCUT2D eigenvalue weighted by Gasteiger charge is -2.06. The Kier molecular flexibility index (Phi) is 4.91. The van der Waals surface area contributed by atoms with Gasteiger partial charge in [0.25, 0.3) is 0 Å². The van der Waals surface area contributed by atoms with E-state index in [0.29, 0.717) is 10.0 Å². The second kappa shape index (κ2) is 7.08. The minimum atomic E-state index is 0.575. The molecule has 2 aromatic heterocycles. The molecule has 0 amide bonds. The number of nitrogens with zero attached hydrogens (tertiary/aromatic N) is 4. The largest absolute Gasteiger partial charge is 0.265 e. The highest BCUT2D eigenvalue weighted by atomic mass is 35.5. The van der Waals surface area contributed by atoms with Crippen molar-refractivity contribution in [2.24, 2.45) is 10.1 Å². The van der Waals surface area contributed by atoms with E-state index < -0.39 is 0 Å². The van der Waals surface area contributed by atoms with E-state index in [1.165, 1.54) is 11.3 Å². The van der Waals surface area contributed by atoms with Crippen LogP contribution in [-0.4, -0.2) is 22.9 Å². The van der Waals surface area contributed by atoms with Crippen LogP contribution in [0.4, 0.5) is 0 Å². The molecule has 23 heavy (non-hydrogen) atoms. The van der Waals surface area contributed by atoms with Gasteiger partial charge in [-0.1, -0.05) is 23.2 Å². The third-order valence-corrected chi connectivity index (χ3v) is 4.57. The summed E-state index contributed by atoms with van der Waals surface area (Å²) in [5.41, 5.74) is 2.67. The summed E-state index contributed by atoms with van der Waals surface area (Å²) >= 11 is 13.8. The average molecular weight is 363 g/mol. The predicted molar refractivity (Wildman–Crippen MR) is 96.5 cm³/mol. The second-order valence-corrected chi connectivity index (χ2v) is 6.27. The quantitative estimate of drug-likeness (QED) is 0.639. The SMILES string of the molecule is CN=c1scc(-c2ccc(Cl)cc2Cl)n1N=Cc1ccncc1. The van der Waals surface area contributed by atoms with Gasteiger partial charge in [0.15, 0.2) is 0 Å². The smallest absolute Gasteiger partial charge is 0.205 e. The van der Waals surface area contributed by atoms with Gasteiger partial charge < -0.3 is 0 Å². The van der Waals surface area contributed by atoms with Gasteiger partial charge in [-0.3, -0.25) is 9.98 Å². The number of rotatable bonds is 3. The molecule has 0 atom stereocenters. The van der Waals surface area contributed by atoms with Gasteiger partial charge in [0.05, 0.1) is 16.9 Å². The monoisotopic (exact) mass is 362 g/mol. The molecular formula is C16H12Cl2N4S. The van der Waals surface area contributed by atoms with E-state index in [1.807, 2.05) is 23.6 Å². The maximum absolute atomic E-state index is 6.32. The first-order valence-electron chi connectivity index (χ1n) is 6.72. The van der Waals surface area contributed by atoms with Gasteiger partial charge in [-0.25, -0.2) is 4.68 Å². The molecule has 116 valence electrons. The summed E-state index contributed by atoms with van der Waals surface area (Å²) < 4.78 is 1.76. The molecule has 0 bridgehead atoms. The summed E-state index contributed by atoms with van der Waals surface area (Å²) in [7, 11) is 1.73. The fraction of sp³-hybridized carbons (Fsp3) is 0.0625. The summed E-state index contributed by atoms with van der Waals surface area (Å²) in [6.07, 6.45) is 5.21. The molecule has 4 nitrogen and oxygen atoms in total. The first-order valence-corrected chi connectivity index (χ1v) is 8.36. The van der Waals surface area contributed by atoms with E-state index in [1.54, 1.807) is 42.5 Å². The van der Waals surface area contributed by atoms with E-state index >= 15 is 0 Å². The molecule has 0 saturated heterocycles. The first kappa shape index (κ1) is 15.9. The van der Waals surface area contributed by atoms with Crippen molar-refractivity contribution >= 4 is 40.8 Å². The van der Waals surface area contributed by atoms with Crippen LogP contribution in [0.1, 0.15) is 5.56 Å². The minimum Gasteiger partial charge on any atom is -0.265 e. The van der Waals surface area contributed by atoms with Gasteiger partial charge in [0.2, 0.25) is 4.80 Å². The predicted octanol–water partition coefficient (Wildman–Crippen LogP) is 4.33. The zero-order valence-electron chi connectivity index (χ0n) is 12.1. The summed E-state index contributed by atoms with van der Waals surface area (Å²) in [5, 5.41) is 7.68. The maximum atomic E-state index is 6.32. The van der Waals surface area contributed by atoms with Gasteiger partial charge >= 0.3 is 0 Å². The van der Waals surface area contributed by atoms with Crippen molar-refractivity contribution in [3.63, 3.8) is 0 Å². The van der Waals surface area contributed by atoms with Crippen LogP contribution in [0.3, 0.4) is 0 Å². The van der Waals surface area contributed by atoms with Crippen LogP contribution in [0.2, 0.25) is 10.0 Å². The average Bonchev–Trinajstić information content (AvgIpc) is 2.96. The molecule has 0 radical (unpaired) electrons. The Morgan fingerprint density at radius 2 is 1.96 bits per heavy atom. The van der Waals surface area contributed by atoms with Crippen molar-refractivity contribution in [3.05, 3.63) is 68.5 Å². The molecule has 0 spiro atoms. The Morgan fingerprint density at radius 3 is 2.65 bits per heavy atom. The van der Waals surface area contributed by atoms with E-state index in [-0.39, 0.29) is 0 Å². The molecule has 0 aliphatic rings. The lowest BCUT2D eigenvalue weighted by Crippen LogP contribution is -2.11. The highest BCUT2D eigenvalue weighted by Crippen LogP contribution is 2.30. The Balaban J connectivity index is 2.10. The Labute approximate surface area is 147 Å². The lowest BCUT2D eigenvalue weighted by atomic mass is 10.2. The number of halogens is 2. The molecule has 2 heterocycles. The first-order chi connectivity index (χ1) is 11.2. The van der Waals surface area contributed by atoms with Crippen LogP contribution < -0.4 is 4.80 Å². The normalized spacial score (nSPS) is 12.2. The van der Waals surface area contributed by atoms with Crippen molar-refractivity contribution in [1.82, 2.24) is 9.66 Å². The van der Waals surface area contributed by atoms with Gasteiger partial charge in [-0.15, -0.1) is 11.3 Å². The molecule has 0 N–H and O–H groups in total. The van der Waals surface area contributed by atoms with Crippen LogP contribution >= 0.6 is 34.5 Å². The van der Waals surface area contributed by atoms with Gasteiger partial charge in [0.1, 0.15) is 0 Å². The number of thiazole rings is 1. The van der Waals surface area contributed by atoms with Crippen LogP contribution in [0.25, 0.3) is 11.3 Å². The van der Waals surface area contributed by atoms with E-state index in [9.17, 15) is 0 Å². The Hall–Kier alpha value is -1.95. The van der Waals surface area contributed by atoms with E-state index in [4.69, 9.17) is 23.2 Å². The van der Waals surface area contributed by atoms with Crippen LogP contribution in [0.15, 0.2) is 58.2 Å². The molecule has 0 saturated carbocycles. The molecule has 0 unspecified atom stereocenters. The summed E-state index contributed by atoms with van der Waals surface area (Å²) in [6, 6.07) is 9.17. The lowest BCUT2D eigenvalue weighted by molar-refractivity contribution is 0.848. The molecule has 0 aliphatic carbocycles. The standard InChI is InChI=1S/C16H12Cl2N4S/c1-19-16-22(21-9-11-4-6-20-7-5-11)15(10-23-16)13-3-2-12(17)8-14(13)18/h2-10H,1H3. The number of hydrogen-bond donors (Lipinski definition) is 0. The Morgan fingerprint density at radius 1 is 1.17 bits per heavy atom. The number of benzene rings is 1. The van der Waals surface area contributed by atoms with Crippen molar-refractivity contribution in [1.29, 1.82) is 0 Å². The van der Waals surface area contributed by atoms with Gasteiger partial charge in [-0.2, -0.15) is 5.10 Å². The fourth-order valence-corrected chi connectivity index (χ4v) is 3.32. The van der Waals surface area contributed by atoms with E-state index in [2.05, 4.69) is 15.1 Å². The summed E-state index contributed by atoms with van der Waals surface area (Å²) in [6.45, 7) is 0. The number of pyridine rings is 1. The van der Waals surface area contributed by atoms with Crippen molar-refractivity contribution in [3.8, 4) is 11.3 Å². The molecule has 7 heteroatoms. The van der Waals surface area contributed by atoms with Crippen LogP contribution in [0, 0.1) is 0 Å². The molecule has 0 aliphatic heterocycles. The minimum absolute atomic E-state index is 0.575. The third kappa shape index (κ3) is 3.52. The molecule has 1 aromatic carbocycles. The topological polar surface area (TPSA) is 42.5 Å². The van der Waals surface area contributed by atoms with Crippen molar-refractivity contribution < 1.29 is 0 Å². The van der Waals surface area contributed by atoms with E-state index in [0.717, 1.165) is 21.6 Å². The maximum Gasteiger partial charge on any atom is 0.205 e. The third-order valence-electron chi connectivity index (χ3n) is 3.11. The molecular weight excluding hydrogens is 351 g/mol. The highest BCUT2D eigenvalue weighted by molar-refractivity contribution is 7.07. The summed E-state index contributed by atoms with van der Waals surface area (Å²) in [4.78, 5) is 9.03.